The zero-order chi connectivity index (χ0) is 16.2. The van der Waals surface area contributed by atoms with Gasteiger partial charge in [-0.25, -0.2) is 4.79 Å². The summed E-state index contributed by atoms with van der Waals surface area (Å²) in [7, 11) is 0. The maximum atomic E-state index is 12.6. The fourth-order valence-corrected chi connectivity index (χ4v) is 4.06. The van der Waals surface area contributed by atoms with Crippen molar-refractivity contribution >= 4 is 11.9 Å². The average molecular weight is 315 g/mol. The molecule has 0 radical (unpaired) electrons. The molecule has 1 saturated heterocycles. The van der Waals surface area contributed by atoms with E-state index in [1.54, 1.807) is 4.90 Å². The van der Waals surface area contributed by atoms with Crippen LogP contribution in [0.25, 0.3) is 0 Å². The van der Waals surface area contributed by atoms with Crippen molar-refractivity contribution in [1.29, 1.82) is 0 Å². The Balaban J connectivity index is 1.60. The number of amides is 3. The van der Waals surface area contributed by atoms with E-state index in [1.165, 1.54) is 12.0 Å². The smallest absolute Gasteiger partial charge is 0.318 e. The summed E-state index contributed by atoms with van der Waals surface area (Å²) in [5.41, 5.74) is 6.73. The van der Waals surface area contributed by atoms with E-state index in [-0.39, 0.29) is 18.0 Å². The average Bonchev–Trinajstić information content (AvgIpc) is 2.95. The first kappa shape index (κ1) is 15.8. The highest BCUT2D eigenvalue weighted by Crippen LogP contribution is 2.39. The maximum absolute atomic E-state index is 12.6. The Hall–Kier alpha value is -2.04. The molecule has 3 amide bonds. The predicted octanol–water partition coefficient (Wildman–Crippen LogP) is 2.06. The van der Waals surface area contributed by atoms with Crippen LogP contribution in [0.2, 0.25) is 0 Å². The first-order valence-corrected chi connectivity index (χ1v) is 8.56. The topological polar surface area (TPSA) is 75.4 Å². The summed E-state index contributed by atoms with van der Waals surface area (Å²) in [5.74, 6) is 0.0544. The van der Waals surface area contributed by atoms with Gasteiger partial charge in [0.15, 0.2) is 0 Å². The number of nitrogens with zero attached hydrogens (tertiary/aromatic N) is 1. The number of hydrogen-bond acceptors (Lipinski definition) is 2. The van der Waals surface area contributed by atoms with Gasteiger partial charge < -0.3 is 16.0 Å². The van der Waals surface area contributed by atoms with E-state index in [9.17, 15) is 9.59 Å². The molecule has 2 fully saturated rings. The summed E-state index contributed by atoms with van der Waals surface area (Å²) in [4.78, 5) is 26.1. The molecule has 0 bridgehead atoms. The molecular weight excluding hydrogens is 290 g/mol. The second-order valence-electron chi connectivity index (χ2n) is 6.64. The molecule has 1 aromatic rings. The lowest BCUT2D eigenvalue weighted by Gasteiger charge is -2.33. The zero-order valence-corrected chi connectivity index (χ0v) is 13.4. The van der Waals surface area contributed by atoms with Crippen LogP contribution < -0.4 is 11.1 Å². The van der Waals surface area contributed by atoms with Crippen LogP contribution in [0.3, 0.4) is 0 Å². The van der Waals surface area contributed by atoms with Crippen LogP contribution in [0.1, 0.15) is 37.7 Å². The molecule has 5 nitrogen and oxygen atoms in total. The third-order valence-corrected chi connectivity index (χ3v) is 5.18. The number of carbonyl (C=O) groups excluding carboxylic acids is 2. The lowest BCUT2D eigenvalue weighted by atomic mass is 9.85. The normalized spacial score (nSPS) is 26.6. The summed E-state index contributed by atoms with van der Waals surface area (Å²) in [5, 5.41) is 2.97. The lowest BCUT2D eigenvalue weighted by molar-refractivity contribution is -0.121. The van der Waals surface area contributed by atoms with Crippen LogP contribution in [-0.4, -0.2) is 35.5 Å². The Bertz CT molecular complexity index is 561. The molecule has 1 saturated carbocycles. The van der Waals surface area contributed by atoms with E-state index in [0.29, 0.717) is 12.5 Å². The van der Waals surface area contributed by atoms with Crippen molar-refractivity contribution in [2.45, 2.75) is 50.6 Å². The van der Waals surface area contributed by atoms with Gasteiger partial charge in [0.05, 0.1) is 0 Å². The van der Waals surface area contributed by atoms with Gasteiger partial charge in [0.2, 0.25) is 5.91 Å². The van der Waals surface area contributed by atoms with Crippen molar-refractivity contribution < 1.29 is 9.59 Å². The highest BCUT2D eigenvalue weighted by molar-refractivity contribution is 5.87. The lowest BCUT2D eigenvalue weighted by Crippen LogP contribution is -2.52. The van der Waals surface area contributed by atoms with E-state index in [1.807, 2.05) is 30.3 Å². The van der Waals surface area contributed by atoms with Crippen LogP contribution in [0, 0.1) is 5.92 Å². The quantitative estimate of drug-likeness (QED) is 0.892. The second-order valence-corrected chi connectivity index (χ2v) is 6.64. The SMILES string of the molecule is NC(=O)C1CC2CCCCC2N1C(=O)NCCc1ccccc1. The van der Waals surface area contributed by atoms with Crippen LogP contribution in [0.5, 0.6) is 0 Å². The molecular formula is C18H25N3O2. The van der Waals surface area contributed by atoms with Crippen LogP contribution >= 0.6 is 0 Å². The van der Waals surface area contributed by atoms with E-state index in [2.05, 4.69) is 5.32 Å². The second kappa shape index (κ2) is 7.02. The number of nitrogens with two attached hydrogens (primary N) is 1. The Morgan fingerprint density at radius 3 is 2.65 bits per heavy atom. The van der Waals surface area contributed by atoms with Gasteiger partial charge in [0, 0.05) is 12.6 Å². The van der Waals surface area contributed by atoms with E-state index in [0.717, 1.165) is 32.1 Å². The number of rotatable bonds is 4. The molecule has 124 valence electrons. The van der Waals surface area contributed by atoms with Gasteiger partial charge in [-0.05, 0) is 37.2 Å². The van der Waals surface area contributed by atoms with Crippen LogP contribution in [-0.2, 0) is 11.2 Å². The zero-order valence-electron chi connectivity index (χ0n) is 13.4. The highest BCUT2D eigenvalue weighted by Gasteiger charge is 2.46. The van der Waals surface area contributed by atoms with Gasteiger partial charge in [0.25, 0.3) is 0 Å². The number of primary amides is 1. The Morgan fingerprint density at radius 2 is 1.91 bits per heavy atom. The summed E-state index contributed by atoms with van der Waals surface area (Å²) in [6.45, 7) is 0.572. The Labute approximate surface area is 137 Å². The monoisotopic (exact) mass is 315 g/mol. The number of nitrogens with one attached hydrogen (secondary N) is 1. The van der Waals surface area contributed by atoms with Crippen molar-refractivity contribution in [1.82, 2.24) is 10.2 Å². The fourth-order valence-electron chi connectivity index (χ4n) is 4.06. The van der Waals surface area contributed by atoms with Crippen molar-refractivity contribution in [2.75, 3.05) is 6.54 Å². The molecule has 3 N–H and O–H groups in total. The van der Waals surface area contributed by atoms with Crippen molar-refractivity contribution in [2.24, 2.45) is 11.7 Å². The number of hydrogen-bond donors (Lipinski definition) is 2. The Kier molecular flexibility index (Phi) is 4.84. The van der Waals surface area contributed by atoms with Gasteiger partial charge >= 0.3 is 6.03 Å². The highest BCUT2D eigenvalue weighted by atomic mass is 16.2. The third kappa shape index (κ3) is 3.49. The summed E-state index contributed by atoms with van der Waals surface area (Å²) in [6, 6.07) is 9.65. The first-order valence-electron chi connectivity index (χ1n) is 8.56. The molecule has 0 aromatic heterocycles. The van der Waals surface area contributed by atoms with E-state index < -0.39 is 6.04 Å². The minimum absolute atomic E-state index is 0.140. The Morgan fingerprint density at radius 1 is 1.17 bits per heavy atom. The van der Waals surface area contributed by atoms with Crippen molar-refractivity contribution in [3.05, 3.63) is 35.9 Å². The van der Waals surface area contributed by atoms with Crippen LogP contribution in [0.4, 0.5) is 4.79 Å². The van der Waals surface area contributed by atoms with Crippen LogP contribution in [0.15, 0.2) is 30.3 Å². The third-order valence-electron chi connectivity index (χ3n) is 5.18. The summed E-state index contributed by atoms with van der Waals surface area (Å²) < 4.78 is 0. The number of urea groups is 1. The molecule has 1 aromatic carbocycles. The first-order chi connectivity index (χ1) is 11.2. The largest absolute Gasteiger partial charge is 0.368 e. The number of carbonyl (C=O) groups is 2. The molecule has 1 aliphatic heterocycles. The molecule has 3 rings (SSSR count). The summed E-state index contributed by atoms with van der Waals surface area (Å²) in [6.07, 6.45) is 5.92. The van der Waals surface area contributed by atoms with Gasteiger partial charge in [-0.3, -0.25) is 4.79 Å². The van der Waals surface area contributed by atoms with Crippen molar-refractivity contribution in [3.63, 3.8) is 0 Å². The molecule has 3 unspecified atom stereocenters. The standard InChI is InChI=1S/C18H25N3O2/c19-17(22)16-12-14-8-4-5-9-15(14)21(16)18(23)20-11-10-13-6-2-1-3-7-13/h1-3,6-7,14-16H,4-5,8-12H2,(H2,19,22)(H,20,23). The van der Waals surface area contributed by atoms with Gasteiger partial charge in [-0.2, -0.15) is 0 Å². The maximum Gasteiger partial charge on any atom is 0.318 e. The van der Waals surface area contributed by atoms with E-state index in [4.69, 9.17) is 5.73 Å². The number of likely N-dealkylation sites (tertiary alicyclic amines) is 1. The summed E-state index contributed by atoms with van der Waals surface area (Å²) >= 11 is 0. The van der Waals surface area contributed by atoms with Gasteiger partial charge in [0.1, 0.15) is 6.04 Å². The molecule has 5 heteroatoms. The minimum atomic E-state index is -0.445. The van der Waals surface area contributed by atoms with E-state index >= 15 is 0 Å². The number of fused-ring (bicyclic) bond motifs is 1. The predicted molar refractivity (Wildman–Crippen MR) is 88.7 cm³/mol. The van der Waals surface area contributed by atoms with Crippen molar-refractivity contribution in [3.8, 4) is 0 Å². The minimum Gasteiger partial charge on any atom is -0.368 e. The molecule has 1 heterocycles. The fraction of sp³-hybridized carbons (Fsp3) is 0.556. The molecule has 2 aliphatic rings. The molecule has 1 aliphatic carbocycles. The van der Waals surface area contributed by atoms with Gasteiger partial charge in [-0.1, -0.05) is 43.2 Å². The van der Waals surface area contributed by atoms with Gasteiger partial charge in [-0.15, -0.1) is 0 Å². The number of benzene rings is 1. The molecule has 23 heavy (non-hydrogen) atoms. The molecule has 3 atom stereocenters. The molecule has 0 spiro atoms.